The van der Waals surface area contributed by atoms with E-state index in [2.05, 4.69) is 0 Å². The lowest BCUT2D eigenvalue weighted by molar-refractivity contribution is 0.00695. The zero-order valence-electron chi connectivity index (χ0n) is 9.11. The predicted molar refractivity (Wildman–Crippen MR) is 66.6 cm³/mol. The van der Waals surface area contributed by atoms with Crippen LogP contribution in [0.4, 0.5) is 0 Å². The van der Waals surface area contributed by atoms with Crippen LogP contribution in [-0.4, -0.2) is 11.6 Å². The van der Waals surface area contributed by atoms with Gasteiger partial charge in [0.25, 0.3) is 0 Å². The molecule has 0 heterocycles. The van der Waals surface area contributed by atoms with Crippen LogP contribution in [-0.2, 0) is 4.74 Å². The summed E-state index contributed by atoms with van der Waals surface area (Å²) in [7, 11) is 0. The highest BCUT2D eigenvalue weighted by molar-refractivity contribution is 6.48. The van der Waals surface area contributed by atoms with Gasteiger partial charge < -0.3 is 4.74 Å². The molecule has 0 amide bonds. The van der Waals surface area contributed by atoms with Crippen molar-refractivity contribution in [2.24, 2.45) is 0 Å². The summed E-state index contributed by atoms with van der Waals surface area (Å²) >= 11 is 17.4. The number of hydrogen-bond donors (Lipinski definition) is 0. The Kier molecular flexibility index (Phi) is 4.11. The molecular weight excluding hydrogens is 270 g/mol. The fourth-order valence-corrected chi connectivity index (χ4v) is 1.61. The van der Waals surface area contributed by atoms with Crippen molar-refractivity contribution in [2.75, 3.05) is 0 Å². The summed E-state index contributed by atoms with van der Waals surface area (Å²) in [5, 5.41) is 0.695. The lowest BCUT2D eigenvalue weighted by Crippen LogP contribution is -2.23. The second-order valence-corrected chi connectivity index (χ2v) is 5.45. The van der Waals surface area contributed by atoms with Crippen LogP contribution >= 0.6 is 34.8 Å². The van der Waals surface area contributed by atoms with Crippen LogP contribution in [0.1, 0.15) is 31.1 Å². The molecule has 0 unspecified atom stereocenters. The molecule has 0 aliphatic carbocycles. The lowest BCUT2D eigenvalue weighted by atomic mass is 10.1. The molecule has 88 valence electrons. The molecule has 1 aromatic carbocycles. The number of esters is 1. The number of ether oxygens (including phenoxy) is 1. The number of rotatable bonds is 1. The van der Waals surface area contributed by atoms with E-state index in [4.69, 9.17) is 39.5 Å². The van der Waals surface area contributed by atoms with Crippen molar-refractivity contribution in [3.8, 4) is 0 Å². The Morgan fingerprint density at radius 2 is 1.56 bits per heavy atom. The summed E-state index contributed by atoms with van der Waals surface area (Å²) in [6.45, 7) is 5.35. The van der Waals surface area contributed by atoms with Gasteiger partial charge in [0.2, 0.25) is 0 Å². The second kappa shape index (κ2) is 4.82. The van der Waals surface area contributed by atoms with Crippen molar-refractivity contribution in [1.29, 1.82) is 0 Å². The Balaban J connectivity index is 3.02. The van der Waals surface area contributed by atoms with Gasteiger partial charge in [0, 0.05) is 0 Å². The van der Waals surface area contributed by atoms with Gasteiger partial charge in [0.15, 0.2) is 0 Å². The highest BCUT2D eigenvalue weighted by Gasteiger charge is 2.19. The van der Waals surface area contributed by atoms with Crippen molar-refractivity contribution in [3.63, 3.8) is 0 Å². The minimum atomic E-state index is -0.560. The lowest BCUT2D eigenvalue weighted by Gasteiger charge is -2.19. The first kappa shape index (κ1) is 13.6. The average Bonchev–Trinajstić information content (AvgIpc) is 2.10. The van der Waals surface area contributed by atoms with E-state index in [9.17, 15) is 4.79 Å². The van der Waals surface area contributed by atoms with E-state index in [1.54, 1.807) is 20.8 Å². The molecule has 2 nitrogen and oxygen atoms in total. The summed E-state index contributed by atoms with van der Waals surface area (Å²) < 4.78 is 5.17. The largest absolute Gasteiger partial charge is 0.456 e. The van der Waals surface area contributed by atoms with E-state index >= 15 is 0 Å². The van der Waals surface area contributed by atoms with Crippen LogP contribution in [0.2, 0.25) is 15.1 Å². The van der Waals surface area contributed by atoms with E-state index in [1.165, 1.54) is 12.1 Å². The van der Waals surface area contributed by atoms with Crippen LogP contribution in [0, 0.1) is 0 Å². The van der Waals surface area contributed by atoms with Gasteiger partial charge in [-0.25, -0.2) is 4.79 Å². The monoisotopic (exact) mass is 280 g/mol. The van der Waals surface area contributed by atoms with E-state index < -0.39 is 11.6 Å². The maximum Gasteiger partial charge on any atom is 0.338 e. The molecule has 0 radical (unpaired) electrons. The molecule has 0 aromatic heterocycles. The van der Waals surface area contributed by atoms with Gasteiger partial charge in [-0.1, -0.05) is 34.8 Å². The van der Waals surface area contributed by atoms with Crippen molar-refractivity contribution in [3.05, 3.63) is 32.8 Å². The standard InChI is InChI=1S/C11H11Cl3O2/c1-11(2,3)16-10(15)6-4-7(12)9(14)8(13)5-6/h4-5H,1-3H3. The second-order valence-electron chi connectivity index (χ2n) is 4.26. The Bertz CT molecular complexity index is 399. The number of halogens is 3. The Morgan fingerprint density at radius 1 is 1.12 bits per heavy atom. The molecule has 0 fully saturated rings. The summed E-state index contributed by atoms with van der Waals surface area (Å²) in [6, 6.07) is 2.87. The van der Waals surface area contributed by atoms with E-state index in [-0.39, 0.29) is 20.6 Å². The first-order valence-electron chi connectivity index (χ1n) is 4.58. The van der Waals surface area contributed by atoms with Gasteiger partial charge in [0.05, 0.1) is 20.6 Å². The molecule has 0 aliphatic heterocycles. The zero-order chi connectivity index (χ0) is 12.5. The normalized spacial score (nSPS) is 11.4. The van der Waals surface area contributed by atoms with Crippen LogP contribution in [0.3, 0.4) is 0 Å². The fraction of sp³-hybridized carbons (Fsp3) is 0.364. The number of hydrogen-bond acceptors (Lipinski definition) is 2. The van der Waals surface area contributed by atoms with Crippen molar-refractivity contribution in [2.45, 2.75) is 26.4 Å². The summed E-state index contributed by atoms with van der Waals surface area (Å²) in [5.41, 5.74) is -0.273. The highest BCUT2D eigenvalue weighted by Crippen LogP contribution is 2.31. The average molecular weight is 282 g/mol. The molecule has 0 atom stereocenters. The van der Waals surface area contributed by atoms with Crippen molar-refractivity contribution >= 4 is 40.8 Å². The number of carbonyl (C=O) groups is 1. The molecule has 0 bridgehead atoms. The molecule has 0 saturated heterocycles. The van der Waals surface area contributed by atoms with Crippen molar-refractivity contribution in [1.82, 2.24) is 0 Å². The smallest absolute Gasteiger partial charge is 0.338 e. The van der Waals surface area contributed by atoms with E-state index in [1.807, 2.05) is 0 Å². The van der Waals surface area contributed by atoms with E-state index in [0.29, 0.717) is 0 Å². The summed E-state index contributed by atoms with van der Waals surface area (Å²) in [6.07, 6.45) is 0. The van der Waals surface area contributed by atoms with Gasteiger partial charge in [-0.05, 0) is 32.9 Å². The van der Waals surface area contributed by atoms with E-state index in [0.717, 1.165) is 0 Å². The van der Waals surface area contributed by atoms with Gasteiger partial charge in [-0.15, -0.1) is 0 Å². The van der Waals surface area contributed by atoms with Crippen LogP contribution in [0.15, 0.2) is 12.1 Å². The molecular formula is C11H11Cl3O2. The minimum Gasteiger partial charge on any atom is -0.456 e. The van der Waals surface area contributed by atoms with Crippen LogP contribution < -0.4 is 0 Å². The highest BCUT2D eigenvalue weighted by atomic mass is 35.5. The van der Waals surface area contributed by atoms with Crippen molar-refractivity contribution < 1.29 is 9.53 Å². The fourth-order valence-electron chi connectivity index (χ4n) is 1.01. The first-order valence-corrected chi connectivity index (χ1v) is 5.72. The van der Waals surface area contributed by atoms with Gasteiger partial charge in [-0.2, -0.15) is 0 Å². The number of benzene rings is 1. The topological polar surface area (TPSA) is 26.3 Å². The minimum absolute atomic E-state index is 0.232. The molecule has 1 aromatic rings. The molecule has 0 N–H and O–H groups in total. The third-order valence-corrected chi connectivity index (χ3v) is 2.82. The Morgan fingerprint density at radius 3 is 1.94 bits per heavy atom. The third-order valence-electron chi connectivity index (χ3n) is 1.62. The van der Waals surface area contributed by atoms with Crippen LogP contribution in [0.5, 0.6) is 0 Å². The maximum atomic E-state index is 11.7. The quantitative estimate of drug-likeness (QED) is 0.555. The molecule has 0 saturated carbocycles. The molecule has 0 aliphatic rings. The maximum absolute atomic E-state index is 11.7. The third kappa shape index (κ3) is 3.55. The predicted octanol–water partition coefficient (Wildman–Crippen LogP) is 4.60. The molecule has 0 spiro atoms. The summed E-state index contributed by atoms with van der Waals surface area (Å²) in [4.78, 5) is 11.7. The van der Waals surface area contributed by atoms with Gasteiger partial charge in [-0.3, -0.25) is 0 Å². The van der Waals surface area contributed by atoms with Gasteiger partial charge >= 0.3 is 5.97 Å². The molecule has 1 rings (SSSR count). The summed E-state index contributed by atoms with van der Waals surface area (Å²) in [5.74, 6) is -0.479. The van der Waals surface area contributed by atoms with Gasteiger partial charge in [0.1, 0.15) is 5.60 Å². The molecule has 16 heavy (non-hydrogen) atoms. The SMILES string of the molecule is CC(C)(C)OC(=O)c1cc(Cl)c(Cl)c(Cl)c1. The molecule has 5 heteroatoms. The van der Waals surface area contributed by atoms with Crippen LogP contribution in [0.25, 0.3) is 0 Å². The Hall–Kier alpha value is -0.440. The zero-order valence-corrected chi connectivity index (χ0v) is 11.4. The first-order chi connectivity index (χ1) is 7.20. The number of carbonyl (C=O) groups excluding carboxylic acids is 1. The Labute approximate surface area is 109 Å².